The lowest BCUT2D eigenvalue weighted by Gasteiger charge is -2.46. The topological polar surface area (TPSA) is 102 Å². The number of nitrogens with zero attached hydrogens (tertiary/aromatic N) is 4. The maximum absolute atomic E-state index is 14.1. The van der Waals surface area contributed by atoms with Gasteiger partial charge in [0.25, 0.3) is 5.91 Å². The van der Waals surface area contributed by atoms with E-state index in [0.29, 0.717) is 36.8 Å². The molecule has 3 aliphatic heterocycles. The molecule has 4 heterocycles. The van der Waals surface area contributed by atoms with Crippen molar-refractivity contribution >= 4 is 50.2 Å². The van der Waals surface area contributed by atoms with Gasteiger partial charge in [0.1, 0.15) is 5.82 Å². The fourth-order valence-electron chi connectivity index (χ4n) is 9.02. The summed E-state index contributed by atoms with van der Waals surface area (Å²) in [4.78, 5) is 23.4. The van der Waals surface area contributed by atoms with Crippen LogP contribution in [0.2, 0.25) is 0 Å². The summed E-state index contributed by atoms with van der Waals surface area (Å²) in [6, 6.07) is 23.8. The van der Waals surface area contributed by atoms with Crippen LogP contribution in [0.15, 0.2) is 71.6 Å². The fourth-order valence-corrected chi connectivity index (χ4v) is 10.4. The van der Waals surface area contributed by atoms with Crippen LogP contribution in [-0.4, -0.2) is 65.4 Å². The lowest BCUT2D eigenvalue weighted by molar-refractivity contribution is 0.0605. The second-order valence-corrected chi connectivity index (χ2v) is 15.9. The van der Waals surface area contributed by atoms with Crippen molar-refractivity contribution in [1.29, 1.82) is 0 Å². The summed E-state index contributed by atoms with van der Waals surface area (Å²) < 4.78 is 27.2. The largest absolute Gasteiger partial charge is 0.339 e. The number of imidazole rings is 1. The number of aryl methyl sites for hydroxylation is 1. The zero-order valence-corrected chi connectivity index (χ0v) is 29.7. The number of aromatic nitrogens is 2. The molecule has 0 radical (unpaired) electrons. The van der Waals surface area contributed by atoms with Crippen LogP contribution in [0.4, 0.5) is 0 Å². The van der Waals surface area contributed by atoms with Crippen molar-refractivity contribution in [3.8, 4) is 0 Å². The molecule has 0 aliphatic carbocycles. The number of piperidine rings is 2. The molecule has 2 atom stereocenters. The predicted octanol–water partition coefficient (Wildman–Crippen LogP) is 6.90. The van der Waals surface area contributed by atoms with Crippen molar-refractivity contribution < 1.29 is 13.2 Å². The Hall–Kier alpha value is -2.95. The molecule has 11 heteroatoms. The van der Waals surface area contributed by atoms with Gasteiger partial charge in [-0.1, -0.05) is 48.5 Å². The summed E-state index contributed by atoms with van der Waals surface area (Å²) in [5, 5.41) is 5.50. The average Bonchev–Trinajstić information content (AvgIpc) is 3.56. The van der Waals surface area contributed by atoms with Crippen molar-refractivity contribution in [3.05, 3.63) is 94.8 Å². The number of carbonyl (C=O) groups is 1. The van der Waals surface area contributed by atoms with Crippen molar-refractivity contribution in [1.82, 2.24) is 19.4 Å². The Bertz CT molecular complexity index is 1910. The first-order valence-electron chi connectivity index (χ1n) is 17.0. The molecule has 2 unspecified atom stereocenters. The Morgan fingerprint density at radius 2 is 1.58 bits per heavy atom. The normalized spacial score (nSPS) is 22.8. The van der Waals surface area contributed by atoms with Crippen LogP contribution in [0, 0.1) is 6.92 Å². The number of rotatable bonds is 9. The Kier molecular flexibility index (Phi) is 9.36. The molecule has 3 fully saturated rings. The minimum absolute atomic E-state index is 0.0628. The van der Waals surface area contributed by atoms with Gasteiger partial charge in [-0.25, -0.2) is 18.5 Å². The highest BCUT2D eigenvalue weighted by Gasteiger charge is 2.44. The van der Waals surface area contributed by atoms with Gasteiger partial charge in [-0.05, 0) is 98.7 Å². The number of alkyl halides is 2. The molecule has 0 saturated carbocycles. The van der Waals surface area contributed by atoms with Crippen LogP contribution < -0.4 is 5.14 Å². The summed E-state index contributed by atoms with van der Waals surface area (Å²) in [7, 11) is -4.07. The van der Waals surface area contributed by atoms with Gasteiger partial charge in [-0.2, -0.15) is 0 Å². The number of para-hydroxylation sites is 2. The van der Waals surface area contributed by atoms with E-state index in [4.69, 9.17) is 33.3 Å². The molecule has 2 N–H and O–H groups in total. The Morgan fingerprint density at radius 1 is 0.917 bits per heavy atom. The van der Waals surface area contributed by atoms with E-state index in [1.54, 1.807) is 6.07 Å². The average molecular weight is 709 g/mol. The monoisotopic (exact) mass is 707 g/mol. The molecule has 3 aliphatic rings. The summed E-state index contributed by atoms with van der Waals surface area (Å²) >= 11 is 12.5. The highest BCUT2D eigenvalue weighted by Crippen LogP contribution is 2.45. The quantitative estimate of drug-likeness (QED) is 0.191. The van der Waals surface area contributed by atoms with Crippen molar-refractivity contribution in [2.45, 2.75) is 92.1 Å². The number of hydrogen-bond acceptors (Lipinski definition) is 5. The summed E-state index contributed by atoms with van der Waals surface area (Å²) in [6.07, 6.45) is 7.40. The molecular formula is C37H43Cl2N5O3S. The molecule has 2 bridgehead atoms. The fraction of sp³-hybridized carbons (Fsp3) is 0.459. The molecular weight excluding hydrogens is 665 g/mol. The smallest absolute Gasteiger partial charge is 0.254 e. The number of hydrogen-bond donors (Lipinski definition) is 1. The summed E-state index contributed by atoms with van der Waals surface area (Å²) in [6.45, 7) is 4.27. The highest BCUT2D eigenvalue weighted by molar-refractivity contribution is 7.89. The third-order valence-corrected chi connectivity index (χ3v) is 12.9. The minimum Gasteiger partial charge on any atom is -0.339 e. The SMILES string of the molecule is Cc1nc2ccccc2n1C1CC2CCC(C1)N2CCC1(c2ccccc2)CCN(C(=O)c2c(CCl)ccc(S(N)(=O)=O)c2CCl)CC1. The molecule has 4 aromatic rings. The van der Waals surface area contributed by atoms with Crippen molar-refractivity contribution in [2.75, 3.05) is 19.6 Å². The third kappa shape index (κ3) is 6.06. The first-order valence-corrected chi connectivity index (χ1v) is 19.6. The van der Waals surface area contributed by atoms with E-state index < -0.39 is 10.0 Å². The molecule has 3 saturated heterocycles. The van der Waals surface area contributed by atoms with E-state index in [-0.39, 0.29) is 39.1 Å². The van der Waals surface area contributed by atoms with Gasteiger partial charge < -0.3 is 9.47 Å². The van der Waals surface area contributed by atoms with Gasteiger partial charge in [0.2, 0.25) is 10.0 Å². The van der Waals surface area contributed by atoms with Crippen LogP contribution >= 0.6 is 23.2 Å². The Morgan fingerprint density at radius 3 is 2.23 bits per heavy atom. The molecule has 7 rings (SSSR count). The van der Waals surface area contributed by atoms with Gasteiger partial charge in [0.15, 0.2) is 0 Å². The number of amides is 1. The van der Waals surface area contributed by atoms with Crippen LogP contribution in [0.25, 0.3) is 11.0 Å². The lowest BCUT2D eigenvalue weighted by Crippen LogP contribution is -2.49. The maximum Gasteiger partial charge on any atom is 0.254 e. The number of likely N-dealkylation sites (tertiary alicyclic amines) is 1. The summed E-state index contributed by atoms with van der Waals surface area (Å²) in [5.74, 6) is 0.768. The molecule has 254 valence electrons. The van der Waals surface area contributed by atoms with Crippen LogP contribution in [0.5, 0.6) is 0 Å². The van der Waals surface area contributed by atoms with E-state index in [1.807, 2.05) is 4.90 Å². The van der Waals surface area contributed by atoms with Gasteiger partial charge in [-0.3, -0.25) is 9.69 Å². The number of halogens is 2. The van der Waals surface area contributed by atoms with E-state index in [1.165, 1.54) is 30.0 Å². The summed E-state index contributed by atoms with van der Waals surface area (Å²) in [5.41, 5.74) is 4.61. The van der Waals surface area contributed by atoms with Gasteiger partial charge in [0.05, 0.1) is 15.9 Å². The second kappa shape index (κ2) is 13.4. The van der Waals surface area contributed by atoms with E-state index in [9.17, 15) is 13.2 Å². The number of fused-ring (bicyclic) bond motifs is 3. The lowest BCUT2D eigenvalue weighted by atomic mass is 9.70. The Labute approximate surface area is 293 Å². The van der Waals surface area contributed by atoms with Gasteiger partial charge in [-0.15, -0.1) is 23.2 Å². The van der Waals surface area contributed by atoms with Crippen molar-refractivity contribution in [3.63, 3.8) is 0 Å². The minimum atomic E-state index is -4.07. The van der Waals surface area contributed by atoms with Gasteiger partial charge >= 0.3 is 0 Å². The molecule has 1 aromatic heterocycles. The third-order valence-electron chi connectivity index (χ3n) is 11.4. The Balaban J connectivity index is 1.09. The zero-order valence-electron chi connectivity index (χ0n) is 27.3. The molecule has 0 spiro atoms. The van der Waals surface area contributed by atoms with E-state index >= 15 is 0 Å². The van der Waals surface area contributed by atoms with Gasteiger partial charge in [0, 0.05) is 48.5 Å². The zero-order chi connectivity index (χ0) is 33.6. The van der Waals surface area contributed by atoms with Crippen LogP contribution in [-0.2, 0) is 27.2 Å². The van der Waals surface area contributed by atoms with Crippen LogP contribution in [0.1, 0.15) is 83.9 Å². The standard InChI is InChI=1S/C37H43Cl2N5O3S/c1-25-41-32-9-5-6-10-33(32)44(25)30-21-28-12-13-29(22-30)43(28)20-17-37(27-7-3-2-4-8-27)15-18-42(19-16-37)36(45)35-26(23-38)11-14-34(31(35)24-39)48(40,46)47/h2-11,14,28-30H,12-13,15-24H2,1H3,(H2,40,46,47). The second-order valence-electron chi connectivity index (χ2n) is 13.8. The predicted molar refractivity (Wildman–Crippen MR) is 191 cm³/mol. The molecule has 3 aromatic carbocycles. The molecule has 48 heavy (non-hydrogen) atoms. The number of nitrogens with two attached hydrogens (primary N) is 1. The van der Waals surface area contributed by atoms with E-state index in [0.717, 1.165) is 50.0 Å². The van der Waals surface area contributed by atoms with Crippen LogP contribution in [0.3, 0.4) is 0 Å². The highest BCUT2D eigenvalue weighted by atomic mass is 35.5. The molecule has 8 nitrogen and oxygen atoms in total. The maximum atomic E-state index is 14.1. The van der Waals surface area contributed by atoms with E-state index in [2.05, 4.69) is 71.0 Å². The first-order chi connectivity index (χ1) is 23.1. The van der Waals surface area contributed by atoms with Crippen molar-refractivity contribution in [2.24, 2.45) is 5.14 Å². The number of carbonyl (C=O) groups excluding carboxylic acids is 1. The number of benzene rings is 3. The molecule has 1 amide bonds. The number of sulfonamides is 1. The first kappa shape index (κ1) is 33.5. The number of primary sulfonamides is 1.